The van der Waals surface area contributed by atoms with Crippen molar-refractivity contribution in [2.75, 3.05) is 0 Å². The summed E-state index contributed by atoms with van der Waals surface area (Å²) in [6.45, 7) is 2.80. The number of rotatable bonds is 3. The van der Waals surface area contributed by atoms with Crippen molar-refractivity contribution in [3.05, 3.63) is 36.0 Å². The fraction of sp³-hybridized carbons (Fsp3) is 0.400. The number of carboxylic acids is 1. The van der Waals surface area contributed by atoms with Crippen molar-refractivity contribution in [2.45, 2.75) is 38.5 Å². The summed E-state index contributed by atoms with van der Waals surface area (Å²) in [4.78, 5) is 10.9. The quantitative estimate of drug-likeness (QED) is 0.921. The molecular formula is C15H17NO3. The molecule has 2 atom stereocenters. The third kappa shape index (κ3) is 2.24. The van der Waals surface area contributed by atoms with Gasteiger partial charge in [-0.05, 0) is 37.3 Å². The smallest absolute Gasteiger partial charge is 0.332 e. The first kappa shape index (κ1) is 12.2. The number of aromatic nitrogens is 1. The molecule has 1 N–H and O–H groups in total. The van der Waals surface area contributed by atoms with Crippen molar-refractivity contribution in [3.63, 3.8) is 0 Å². The molecule has 0 bridgehead atoms. The van der Waals surface area contributed by atoms with Crippen LogP contribution in [0.5, 0.6) is 0 Å². The number of aryl methyl sites for hydroxylation is 1. The highest BCUT2D eigenvalue weighted by molar-refractivity contribution is 5.81. The molecule has 0 saturated carbocycles. The molecule has 0 aliphatic carbocycles. The van der Waals surface area contributed by atoms with Gasteiger partial charge >= 0.3 is 5.97 Å². The van der Waals surface area contributed by atoms with Crippen LogP contribution in [0.2, 0.25) is 0 Å². The molecule has 1 aliphatic heterocycles. The van der Waals surface area contributed by atoms with Crippen LogP contribution < -0.4 is 0 Å². The Bertz CT molecular complexity index is 617. The van der Waals surface area contributed by atoms with E-state index < -0.39 is 12.1 Å². The third-order valence-corrected chi connectivity index (χ3v) is 3.79. The second kappa shape index (κ2) is 4.70. The molecule has 1 aromatic heterocycles. The van der Waals surface area contributed by atoms with Gasteiger partial charge in [0.2, 0.25) is 0 Å². The second-order valence-electron chi connectivity index (χ2n) is 5.12. The molecule has 1 fully saturated rings. The van der Waals surface area contributed by atoms with Crippen LogP contribution in [0.25, 0.3) is 10.9 Å². The highest BCUT2D eigenvalue weighted by Gasteiger charge is 2.30. The lowest BCUT2D eigenvalue weighted by Gasteiger charge is -2.15. The summed E-state index contributed by atoms with van der Waals surface area (Å²) in [5, 5.41) is 10.2. The van der Waals surface area contributed by atoms with Crippen LogP contribution in [0.3, 0.4) is 0 Å². The third-order valence-electron chi connectivity index (χ3n) is 3.79. The molecule has 2 heterocycles. The monoisotopic (exact) mass is 259 g/mol. The predicted molar refractivity (Wildman–Crippen MR) is 72.2 cm³/mol. The number of hydrogen-bond donors (Lipinski definition) is 1. The van der Waals surface area contributed by atoms with Crippen molar-refractivity contribution < 1.29 is 14.6 Å². The van der Waals surface area contributed by atoms with Crippen LogP contribution in [-0.4, -0.2) is 27.9 Å². The van der Waals surface area contributed by atoms with E-state index in [9.17, 15) is 4.79 Å². The van der Waals surface area contributed by atoms with Gasteiger partial charge in [-0.15, -0.1) is 0 Å². The Hall–Kier alpha value is -1.81. The molecular weight excluding hydrogens is 242 g/mol. The lowest BCUT2D eigenvalue weighted by atomic mass is 10.2. The molecule has 2 unspecified atom stereocenters. The van der Waals surface area contributed by atoms with Crippen LogP contribution in [0.4, 0.5) is 0 Å². The van der Waals surface area contributed by atoms with Crippen molar-refractivity contribution in [3.8, 4) is 0 Å². The van der Waals surface area contributed by atoms with Gasteiger partial charge in [-0.3, -0.25) is 0 Å². The zero-order valence-corrected chi connectivity index (χ0v) is 10.9. The van der Waals surface area contributed by atoms with Crippen LogP contribution in [-0.2, 0) is 16.1 Å². The van der Waals surface area contributed by atoms with E-state index in [-0.39, 0.29) is 6.10 Å². The van der Waals surface area contributed by atoms with E-state index >= 15 is 0 Å². The molecule has 100 valence electrons. The van der Waals surface area contributed by atoms with Crippen molar-refractivity contribution in [1.82, 2.24) is 4.57 Å². The largest absolute Gasteiger partial charge is 0.479 e. The standard InChI is InChI=1S/C15H17NO3/c1-10-8-11-4-2-3-5-13(11)16(10)9-12-6-7-14(19-12)15(17)18/h2-5,8,12,14H,6-7,9H2,1H3,(H,17,18). The van der Waals surface area contributed by atoms with Gasteiger partial charge in [0.25, 0.3) is 0 Å². The lowest BCUT2D eigenvalue weighted by molar-refractivity contribution is -0.149. The second-order valence-corrected chi connectivity index (χ2v) is 5.12. The zero-order chi connectivity index (χ0) is 13.4. The highest BCUT2D eigenvalue weighted by atomic mass is 16.5. The number of aliphatic carboxylic acids is 1. The summed E-state index contributed by atoms with van der Waals surface area (Å²) in [6, 6.07) is 10.4. The topological polar surface area (TPSA) is 51.5 Å². The Labute approximate surface area is 111 Å². The maximum Gasteiger partial charge on any atom is 0.332 e. The van der Waals surface area contributed by atoms with Gasteiger partial charge in [0.05, 0.1) is 6.10 Å². The van der Waals surface area contributed by atoms with E-state index in [0.717, 1.165) is 13.0 Å². The van der Waals surface area contributed by atoms with Crippen LogP contribution in [0.15, 0.2) is 30.3 Å². The first-order valence-electron chi connectivity index (χ1n) is 6.58. The molecule has 4 nitrogen and oxygen atoms in total. The van der Waals surface area contributed by atoms with Gasteiger partial charge in [-0.25, -0.2) is 4.79 Å². The van der Waals surface area contributed by atoms with Crippen LogP contribution >= 0.6 is 0 Å². The maximum absolute atomic E-state index is 10.9. The van der Waals surface area contributed by atoms with Crippen molar-refractivity contribution in [2.24, 2.45) is 0 Å². The minimum absolute atomic E-state index is 0.00407. The Morgan fingerprint density at radius 1 is 1.42 bits per heavy atom. The number of para-hydroxylation sites is 1. The minimum Gasteiger partial charge on any atom is -0.479 e. The molecule has 3 rings (SSSR count). The van der Waals surface area contributed by atoms with Gasteiger partial charge in [-0.2, -0.15) is 0 Å². The first-order valence-corrected chi connectivity index (χ1v) is 6.58. The van der Waals surface area contributed by atoms with E-state index in [2.05, 4.69) is 29.7 Å². The first-order chi connectivity index (χ1) is 9.15. The molecule has 1 aromatic carbocycles. The summed E-state index contributed by atoms with van der Waals surface area (Å²) in [7, 11) is 0. The zero-order valence-electron chi connectivity index (χ0n) is 10.9. The molecule has 4 heteroatoms. The van der Waals surface area contributed by atoms with E-state index in [1.165, 1.54) is 16.6 Å². The van der Waals surface area contributed by atoms with E-state index in [1.54, 1.807) is 0 Å². The number of hydrogen-bond acceptors (Lipinski definition) is 2. The summed E-state index contributed by atoms with van der Waals surface area (Å²) in [5.41, 5.74) is 2.37. The number of nitrogens with zero attached hydrogens (tertiary/aromatic N) is 1. The number of ether oxygens (including phenoxy) is 1. The van der Waals surface area contributed by atoms with Crippen molar-refractivity contribution in [1.29, 1.82) is 0 Å². The Kier molecular flexibility index (Phi) is 3.03. The SMILES string of the molecule is Cc1cc2ccccc2n1CC1CCC(C(=O)O)O1. The molecule has 1 saturated heterocycles. The molecule has 19 heavy (non-hydrogen) atoms. The Morgan fingerprint density at radius 3 is 2.95 bits per heavy atom. The predicted octanol–water partition coefficient (Wildman–Crippen LogP) is 2.58. The average molecular weight is 259 g/mol. The number of benzene rings is 1. The Balaban J connectivity index is 1.82. The maximum atomic E-state index is 10.9. The number of fused-ring (bicyclic) bond motifs is 1. The van der Waals surface area contributed by atoms with E-state index in [1.807, 2.05) is 12.1 Å². The van der Waals surface area contributed by atoms with E-state index in [4.69, 9.17) is 9.84 Å². The molecule has 1 aliphatic rings. The number of carboxylic acid groups (broad SMARTS) is 1. The van der Waals surface area contributed by atoms with Gasteiger partial charge < -0.3 is 14.4 Å². The molecule has 0 amide bonds. The van der Waals surface area contributed by atoms with Crippen LogP contribution in [0, 0.1) is 6.92 Å². The lowest BCUT2D eigenvalue weighted by Crippen LogP contribution is -2.23. The van der Waals surface area contributed by atoms with Gasteiger partial charge in [0.15, 0.2) is 6.10 Å². The molecule has 0 radical (unpaired) electrons. The molecule has 0 spiro atoms. The summed E-state index contributed by atoms with van der Waals surface area (Å²) >= 11 is 0. The normalized spacial score (nSPS) is 23.0. The van der Waals surface area contributed by atoms with Gasteiger partial charge in [-0.1, -0.05) is 18.2 Å². The van der Waals surface area contributed by atoms with Crippen LogP contribution in [0.1, 0.15) is 18.5 Å². The van der Waals surface area contributed by atoms with E-state index in [0.29, 0.717) is 6.42 Å². The van der Waals surface area contributed by atoms with Crippen molar-refractivity contribution >= 4 is 16.9 Å². The summed E-state index contributed by atoms with van der Waals surface area (Å²) in [6.07, 6.45) is 0.781. The summed E-state index contributed by atoms with van der Waals surface area (Å²) < 4.78 is 7.79. The van der Waals surface area contributed by atoms with Gasteiger partial charge in [0.1, 0.15) is 0 Å². The minimum atomic E-state index is -0.850. The highest BCUT2D eigenvalue weighted by Crippen LogP contribution is 2.25. The van der Waals surface area contributed by atoms with Gasteiger partial charge in [0, 0.05) is 17.8 Å². The number of carbonyl (C=O) groups is 1. The average Bonchev–Trinajstić information content (AvgIpc) is 2.96. The Morgan fingerprint density at radius 2 is 2.21 bits per heavy atom. The molecule has 2 aromatic rings. The summed E-state index contributed by atoms with van der Waals surface area (Å²) in [5.74, 6) is -0.850. The fourth-order valence-electron chi connectivity index (χ4n) is 2.82. The fourth-order valence-corrected chi connectivity index (χ4v) is 2.82.